The van der Waals surface area contributed by atoms with Gasteiger partial charge in [0.2, 0.25) is 0 Å². The van der Waals surface area contributed by atoms with E-state index in [4.69, 9.17) is 10.5 Å². The molecule has 1 fully saturated rings. The minimum atomic E-state index is -4.37. The number of primary amides is 1. The Morgan fingerprint density at radius 3 is 2.41 bits per heavy atom. The molecule has 9 heteroatoms. The van der Waals surface area contributed by atoms with Gasteiger partial charge in [0.05, 0.1) is 5.56 Å². The van der Waals surface area contributed by atoms with Crippen LogP contribution in [-0.2, 0) is 17.5 Å². The van der Waals surface area contributed by atoms with Crippen LogP contribution in [0.25, 0.3) is 0 Å². The molecular weight excluding hydrogens is 385 g/mol. The third-order valence-electron chi connectivity index (χ3n) is 4.79. The maximum absolute atomic E-state index is 12.6. The molecular formula is C20H23F3N4O2. The topological polar surface area (TPSA) is 80.5 Å². The minimum absolute atomic E-state index is 0.149. The normalized spacial score (nSPS) is 15.3. The Kier molecular flexibility index (Phi) is 6.58. The van der Waals surface area contributed by atoms with Gasteiger partial charge in [-0.25, -0.2) is 4.98 Å². The monoisotopic (exact) mass is 408 g/mol. The van der Waals surface area contributed by atoms with E-state index in [0.717, 1.165) is 43.8 Å². The number of nitrogens with zero attached hydrogens (tertiary/aromatic N) is 2. The lowest BCUT2D eigenvalue weighted by Gasteiger charge is -2.33. The largest absolute Gasteiger partial charge is 0.484 e. The van der Waals surface area contributed by atoms with Crippen molar-refractivity contribution >= 4 is 11.7 Å². The number of nitrogens with one attached hydrogen (secondary N) is 1. The van der Waals surface area contributed by atoms with E-state index < -0.39 is 17.6 Å². The molecule has 1 saturated heterocycles. The fourth-order valence-electron chi connectivity index (χ4n) is 3.17. The van der Waals surface area contributed by atoms with E-state index in [1.807, 2.05) is 17.0 Å². The number of carbonyl (C=O) groups excluding carboxylic acids is 1. The molecule has 3 N–H and O–H groups in total. The Morgan fingerprint density at radius 2 is 1.86 bits per heavy atom. The summed E-state index contributed by atoms with van der Waals surface area (Å²) in [7, 11) is 0. The summed E-state index contributed by atoms with van der Waals surface area (Å²) in [5, 5.41) is 3.50. The number of halogens is 3. The minimum Gasteiger partial charge on any atom is -0.484 e. The van der Waals surface area contributed by atoms with Crippen LogP contribution in [-0.4, -0.2) is 36.6 Å². The molecule has 0 radical (unpaired) electrons. The van der Waals surface area contributed by atoms with Crippen molar-refractivity contribution in [1.82, 2.24) is 10.3 Å². The number of alkyl halides is 3. The maximum Gasteiger partial charge on any atom is 0.417 e. The van der Waals surface area contributed by atoms with Crippen molar-refractivity contribution in [2.75, 3.05) is 24.6 Å². The zero-order valence-electron chi connectivity index (χ0n) is 15.8. The van der Waals surface area contributed by atoms with E-state index in [1.165, 1.54) is 6.07 Å². The first-order valence-electron chi connectivity index (χ1n) is 9.33. The van der Waals surface area contributed by atoms with E-state index in [-0.39, 0.29) is 6.61 Å². The van der Waals surface area contributed by atoms with Crippen LogP contribution in [0.15, 0.2) is 42.6 Å². The van der Waals surface area contributed by atoms with Gasteiger partial charge in [0.15, 0.2) is 6.61 Å². The Morgan fingerprint density at radius 1 is 1.17 bits per heavy atom. The quantitative estimate of drug-likeness (QED) is 0.737. The molecule has 0 unspecified atom stereocenters. The lowest BCUT2D eigenvalue weighted by atomic mass is 10.0. The fraction of sp³-hybridized carbons (Fsp3) is 0.400. The molecule has 1 aromatic heterocycles. The zero-order chi connectivity index (χ0) is 20.9. The highest BCUT2D eigenvalue weighted by atomic mass is 19.4. The number of amides is 1. The fourth-order valence-corrected chi connectivity index (χ4v) is 3.17. The van der Waals surface area contributed by atoms with E-state index in [9.17, 15) is 18.0 Å². The van der Waals surface area contributed by atoms with Gasteiger partial charge in [-0.2, -0.15) is 13.2 Å². The highest BCUT2D eigenvalue weighted by Crippen LogP contribution is 2.29. The molecule has 29 heavy (non-hydrogen) atoms. The zero-order valence-corrected chi connectivity index (χ0v) is 15.8. The number of ether oxygens (including phenoxy) is 1. The van der Waals surface area contributed by atoms with Gasteiger partial charge < -0.3 is 20.7 Å². The van der Waals surface area contributed by atoms with Gasteiger partial charge >= 0.3 is 6.18 Å². The smallest absolute Gasteiger partial charge is 0.417 e. The summed E-state index contributed by atoms with van der Waals surface area (Å²) >= 11 is 0. The summed E-state index contributed by atoms with van der Waals surface area (Å²) in [5.41, 5.74) is 5.40. The molecule has 2 aromatic rings. The van der Waals surface area contributed by atoms with Gasteiger partial charge in [0.1, 0.15) is 11.6 Å². The number of hydrogen-bond acceptors (Lipinski definition) is 5. The second-order valence-corrected chi connectivity index (χ2v) is 6.94. The van der Waals surface area contributed by atoms with Crippen LogP contribution in [0.4, 0.5) is 19.0 Å². The van der Waals surface area contributed by atoms with Gasteiger partial charge in [-0.1, -0.05) is 12.1 Å². The van der Waals surface area contributed by atoms with E-state index in [1.54, 1.807) is 12.1 Å². The van der Waals surface area contributed by atoms with Gasteiger partial charge in [0, 0.05) is 31.9 Å². The molecule has 156 valence electrons. The summed E-state index contributed by atoms with van der Waals surface area (Å²) in [5.74, 6) is 0.640. The third kappa shape index (κ3) is 6.08. The first-order chi connectivity index (χ1) is 13.8. The van der Waals surface area contributed by atoms with Crippen molar-refractivity contribution in [1.29, 1.82) is 0 Å². The molecule has 1 amide bonds. The molecule has 0 atom stereocenters. The Bertz CT molecular complexity index is 802. The summed E-state index contributed by atoms with van der Waals surface area (Å²) in [4.78, 5) is 16.7. The number of piperidine rings is 1. The van der Waals surface area contributed by atoms with Crippen molar-refractivity contribution in [2.24, 2.45) is 5.73 Å². The Labute approximate surface area is 166 Å². The molecule has 2 heterocycles. The van der Waals surface area contributed by atoms with Crippen molar-refractivity contribution < 1.29 is 22.7 Å². The van der Waals surface area contributed by atoms with Gasteiger partial charge in [-0.15, -0.1) is 0 Å². The average molecular weight is 408 g/mol. The number of rotatable bonds is 7. The van der Waals surface area contributed by atoms with Crippen LogP contribution >= 0.6 is 0 Å². The number of carbonyl (C=O) groups is 1. The molecule has 6 nitrogen and oxygen atoms in total. The first-order valence-corrected chi connectivity index (χ1v) is 9.33. The third-order valence-corrected chi connectivity index (χ3v) is 4.79. The van der Waals surface area contributed by atoms with Gasteiger partial charge in [-0.3, -0.25) is 4.79 Å². The predicted octanol–water partition coefficient (Wildman–Crippen LogP) is 2.72. The number of hydrogen-bond donors (Lipinski definition) is 2. The molecule has 1 aliphatic heterocycles. The van der Waals surface area contributed by atoms with Gasteiger partial charge in [-0.05, 0) is 42.7 Å². The average Bonchev–Trinajstić information content (AvgIpc) is 2.71. The molecule has 0 saturated carbocycles. The first kappa shape index (κ1) is 20.9. The van der Waals surface area contributed by atoms with Crippen LogP contribution in [0.2, 0.25) is 0 Å². The highest BCUT2D eigenvalue weighted by molar-refractivity contribution is 5.75. The summed E-state index contributed by atoms with van der Waals surface area (Å²) < 4.78 is 43.2. The molecule has 1 aromatic carbocycles. The summed E-state index contributed by atoms with van der Waals surface area (Å²) in [6.45, 7) is 2.01. The highest BCUT2D eigenvalue weighted by Gasteiger charge is 2.31. The van der Waals surface area contributed by atoms with Crippen molar-refractivity contribution in [3.8, 4) is 5.75 Å². The molecule has 1 aliphatic rings. The van der Waals surface area contributed by atoms with Crippen LogP contribution < -0.4 is 20.7 Å². The van der Waals surface area contributed by atoms with Crippen LogP contribution in [0.5, 0.6) is 5.75 Å². The lowest BCUT2D eigenvalue weighted by Crippen LogP contribution is -2.42. The number of pyridine rings is 1. The van der Waals surface area contributed by atoms with E-state index in [2.05, 4.69) is 10.3 Å². The van der Waals surface area contributed by atoms with Crippen molar-refractivity contribution in [3.05, 3.63) is 53.7 Å². The number of aromatic nitrogens is 1. The molecule has 0 bridgehead atoms. The summed E-state index contributed by atoms with van der Waals surface area (Å²) in [6, 6.07) is 10.3. The Hall–Kier alpha value is -2.81. The molecule has 0 spiro atoms. The number of anilines is 1. The van der Waals surface area contributed by atoms with Crippen molar-refractivity contribution in [3.63, 3.8) is 0 Å². The number of benzene rings is 1. The van der Waals surface area contributed by atoms with Crippen molar-refractivity contribution in [2.45, 2.75) is 31.6 Å². The SMILES string of the molecule is NC(=O)COc1ccc(CNC2CCN(c3ccc(C(F)(F)F)cn3)CC2)cc1. The van der Waals surface area contributed by atoms with E-state index >= 15 is 0 Å². The second-order valence-electron chi connectivity index (χ2n) is 6.94. The Balaban J connectivity index is 1.43. The maximum atomic E-state index is 12.6. The van der Waals surface area contributed by atoms with Crippen LogP contribution in [0.1, 0.15) is 24.0 Å². The van der Waals surface area contributed by atoms with E-state index in [0.29, 0.717) is 24.2 Å². The van der Waals surface area contributed by atoms with Crippen LogP contribution in [0.3, 0.4) is 0 Å². The second kappa shape index (κ2) is 9.13. The molecule has 0 aliphatic carbocycles. The summed E-state index contributed by atoms with van der Waals surface area (Å²) in [6.07, 6.45) is -1.73. The molecule has 3 rings (SSSR count). The standard InChI is InChI=1S/C20H23F3N4O2/c21-20(22,23)15-3-6-19(26-12-15)27-9-7-16(8-10-27)25-11-14-1-4-17(5-2-14)29-13-18(24)28/h1-6,12,16,25H,7-11,13H2,(H2,24,28). The van der Waals surface area contributed by atoms with Gasteiger partial charge in [0.25, 0.3) is 5.91 Å². The van der Waals surface area contributed by atoms with Crippen LogP contribution in [0, 0.1) is 0 Å². The lowest BCUT2D eigenvalue weighted by molar-refractivity contribution is -0.137. The number of nitrogens with two attached hydrogens (primary N) is 1. The predicted molar refractivity (Wildman–Crippen MR) is 102 cm³/mol.